The molecule has 0 saturated heterocycles. The van der Waals surface area contributed by atoms with Crippen molar-refractivity contribution >= 4 is 236 Å². The topological polar surface area (TPSA) is 44.7 Å². The second kappa shape index (κ2) is 29.4. The third kappa shape index (κ3) is 12.2. The van der Waals surface area contributed by atoms with E-state index in [1.807, 2.05) is 16.9 Å². The first-order chi connectivity index (χ1) is 62.6. The van der Waals surface area contributed by atoms with Gasteiger partial charge in [-0.15, -0.1) is 21.9 Å². The van der Waals surface area contributed by atoms with Crippen molar-refractivity contribution in [1.29, 1.82) is 0 Å². The molecule has 17 aromatic carbocycles. The Kier molecular flexibility index (Phi) is 18.0. The van der Waals surface area contributed by atoms with Crippen molar-refractivity contribution in [3.63, 3.8) is 0 Å². The van der Waals surface area contributed by atoms with Crippen molar-refractivity contribution in [3.8, 4) is 112 Å². The van der Waals surface area contributed by atoms with Crippen molar-refractivity contribution in [2.75, 3.05) is 4.90 Å². The fraction of sp³-hybridized carbons (Fsp3) is 0.0714. The number of furan rings is 1. The molecule has 6 nitrogen and oxygen atoms in total. The van der Waals surface area contributed by atoms with Gasteiger partial charge in [-0.25, -0.2) is 0 Å². The largest absolute Gasteiger partial charge is 0.464 e. The molecule has 0 aliphatic carbocycles. The van der Waals surface area contributed by atoms with Gasteiger partial charge in [0.15, 0.2) is 0 Å². The number of hydrogen-bond acceptors (Lipinski definition) is 5. The Morgan fingerprint density at radius 2 is 0.829 bits per heavy atom. The average molecular weight is 1650 g/mol. The van der Waals surface area contributed by atoms with Gasteiger partial charge in [0.1, 0.15) is 91.4 Å². The number of benzene rings is 17. The van der Waals surface area contributed by atoms with E-state index in [1.165, 1.54) is 21.9 Å². The van der Waals surface area contributed by atoms with Gasteiger partial charge in [-0.3, -0.25) is 0 Å². The summed E-state index contributed by atoms with van der Waals surface area (Å²) in [6.45, 7) is 13.0. The molecule has 0 saturated carbocycles. The Balaban J connectivity index is 0.806. The lowest BCUT2D eigenvalue weighted by atomic mass is 9.34. The maximum Gasteiger partial charge on any atom is 0.260 e. The molecule has 4 aliphatic heterocycles. The Morgan fingerprint density at radius 3 is 1.45 bits per heavy atom. The molecule has 0 amide bonds. The third-order valence-corrected chi connectivity index (χ3v) is 28.4. The van der Waals surface area contributed by atoms with Crippen LogP contribution in [0.4, 0.5) is 17.1 Å². The van der Waals surface area contributed by atoms with Gasteiger partial charge in [0.25, 0.3) is 6.71 Å². The highest BCUT2D eigenvalue weighted by Crippen LogP contribution is 2.54. The van der Waals surface area contributed by atoms with Crippen molar-refractivity contribution in [2.24, 2.45) is 0 Å². The molecule has 3 aromatic heterocycles. The van der Waals surface area contributed by atoms with Gasteiger partial charge in [-0.2, -0.15) is 0 Å². The van der Waals surface area contributed by atoms with E-state index in [4.69, 9.17) is 76.7 Å². The first kappa shape index (κ1) is 78.7. The normalized spacial score (nSPS) is 13.0. The van der Waals surface area contributed by atoms with Crippen LogP contribution in [0.25, 0.3) is 144 Å². The summed E-state index contributed by atoms with van der Waals surface area (Å²) in [4.78, 5) is 4.62. The van der Waals surface area contributed by atoms with E-state index < -0.39 is 6.71 Å². The number of ether oxygens (including phenoxy) is 2. The van der Waals surface area contributed by atoms with E-state index >= 15 is 0 Å². The molecular weight excluding hydrogens is 1580 g/mol. The smallest absolute Gasteiger partial charge is 0.260 e. The summed E-state index contributed by atoms with van der Waals surface area (Å²) in [6, 6.07) is 115. The van der Waals surface area contributed by atoms with Crippen LogP contribution >= 0.6 is 11.8 Å². The van der Waals surface area contributed by atoms with Crippen LogP contribution in [0.1, 0.15) is 52.7 Å². The molecule has 0 unspecified atom stereocenters. The second-order valence-corrected chi connectivity index (χ2v) is 37.8. The molecule has 0 N–H and O–H groups in total. The van der Waals surface area contributed by atoms with Gasteiger partial charge < -0.3 is 27.9 Å². The lowest BCUT2D eigenvalue weighted by Gasteiger charge is -2.41. The zero-order valence-corrected chi connectivity index (χ0v) is 72.7. The zero-order valence-electron chi connectivity index (χ0n) is 71.8. The maximum atomic E-state index is 7.83. The van der Waals surface area contributed by atoms with Crippen LogP contribution in [0.3, 0.4) is 0 Å². The molecule has 4 aliphatic rings. The van der Waals surface area contributed by atoms with Gasteiger partial charge in [-0.05, 0) is 231 Å². The molecule has 20 aromatic rings. The molecular formula is C112H71B10N3O3S. The Bertz CT molecular complexity index is 8030. The fourth-order valence-electron chi connectivity index (χ4n) is 20.8. The minimum absolute atomic E-state index is 0.101. The second-order valence-electron chi connectivity index (χ2n) is 36.7. The fourth-order valence-corrected chi connectivity index (χ4v) is 22.0. The van der Waals surface area contributed by atoms with Crippen LogP contribution < -0.4 is 90.9 Å². The molecule has 0 bridgehead atoms. The number of rotatable bonds is 10. The summed E-state index contributed by atoms with van der Waals surface area (Å²) in [7, 11) is 57.0. The van der Waals surface area contributed by atoms with E-state index in [2.05, 4.69) is 360 Å². The van der Waals surface area contributed by atoms with Crippen LogP contribution in [-0.4, -0.2) is 85.3 Å². The van der Waals surface area contributed by atoms with E-state index in [-0.39, 0.29) is 61.2 Å². The highest BCUT2D eigenvalue weighted by Gasteiger charge is 2.46. The standard InChI is InChI=1S/C112H71B10N3O3S/c1-111(2,3)69-37-43-85-77(54-69)78-55-70(112(4,5)6)38-44-86(78)123(85)72-40-42-83-93(57-72)129-94-53-68(76-58-92-107-110(95(76)75-32-20-19-31-74(75)62-27-15-9-16-28-62)128-90-34-22-21-33-82(90)122(107)84-51-65(36-46-91(84)127-92)64-35-45-89-79(50-64)80(59-126-89)63-29-17-10-18-30-63)52-88-106(94)121(83)81-41-39-71(125-108-96(98(113)100(115)102(117)104(108)119)97-99(114)101(116)103(118)105(120)109(97)125)56-87(81)124(88)73-48-66(60-23-11-7-12-24-60)47-67(49-73)61-25-13-8-14-26-61/h7-59H,1-6H3. The predicted molar refractivity (Wildman–Crippen MR) is 551 cm³/mol. The molecule has 129 heavy (non-hydrogen) atoms. The molecule has 0 fully saturated rings. The number of nitrogens with zero attached hydrogens (tertiary/aromatic N) is 3. The molecule has 0 spiro atoms. The van der Waals surface area contributed by atoms with Crippen LogP contribution in [0.5, 0.6) is 23.0 Å². The summed E-state index contributed by atoms with van der Waals surface area (Å²) in [5.74, 6) is 2.88. The minimum Gasteiger partial charge on any atom is -0.464 e. The Labute approximate surface area is 765 Å². The molecule has 17 heteroatoms. The van der Waals surface area contributed by atoms with Gasteiger partial charge in [0, 0.05) is 82.0 Å². The average Bonchev–Trinajstić information content (AvgIpc) is 1.50. The van der Waals surface area contributed by atoms with Gasteiger partial charge in [-0.1, -0.05) is 287 Å². The van der Waals surface area contributed by atoms with Crippen molar-refractivity contribution < 1.29 is 13.9 Å². The highest BCUT2D eigenvalue weighted by molar-refractivity contribution is 8.00. The number of hydrogen-bond donors (Lipinski definition) is 0. The first-order valence-electron chi connectivity index (χ1n) is 43.7. The molecule has 24 rings (SSSR count). The Hall–Kier alpha value is -13.7. The molecule has 16 radical (unpaired) electrons. The summed E-state index contributed by atoms with van der Waals surface area (Å²) < 4.78 is 26.2. The van der Waals surface area contributed by atoms with Gasteiger partial charge in [0.2, 0.25) is 6.71 Å². The number of para-hydroxylation sites is 1. The third-order valence-electron chi connectivity index (χ3n) is 27.2. The summed E-state index contributed by atoms with van der Waals surface area (Å²) in [5, 5.41) is 4.33. The number of fused-ring (bicyclic) bond motifs is 15. The summed E-state index contributed by atoms with van der Waals surface area (Å²) >= 11 is 1.81. The summed E-state index contributed by atoms with van der Waals surface area (Å²) in [5.41, 5.74) is 32.1. The monoisotopic (exact) mass is 1650 g/mol. The Morgan fingerprint density at radius 1 is 0.302 bits per heavy atom. The van der Waals surface area contributed by atoms with Crippen molar-refractivity contribution in [3.05, 3.63) is 333 Å². The molecule has 0 atom stereocenters. The predicted octanol–water partition coefficient (Wildman–Crippen LogP) is 16.7. The molecule has 7 heterocycles. The van der Waals surface area contributed by atoms with Crippen LogP contribution in [-0.2, 0) is 10.8 Å². The van der Waals surface area contributed by atoms with Crippen molar-refractivity contribution in [1.82, 2.24) is 9.13 Å². The van der Waals surface area contributed by atoms with E-state index in [0.29, 0.717) is 39.0 Å². The van der Waals surface area contributed by atoms with Gasteiger partial charge in [0.05, 0.1) is 17.3 Å². The van der Waals surface area contributed by atoms with E-state index in [1.54, 1.807) is 11.8 Å². The number of anilines is 3. The lowest BCUT2D eigenvalue weighted by molar-refractivity contribution is 0.466. The van der Waals surface area contributed by atoms with Crippen LogP contribution in [0.2, 0.25) is 0 Å². The molecule has 588 valence electrons. The quantitative estimate of drug-likeness (QED) is 0.128. The van der Waals surface area contributed by atoms with E-state index in [9.17, 15) is 0 Å². The van der Waals surface area contributed by atoms with E-state index in [0.717, 1.165) is 177 Å². The zero-order chi connectivity index (χ0) is 87.6. The first-order valence-corrected chi connectivity index (χ1v) is 44.5. The number of aromatic nitrogens is 2. The van der Waals surface area contributed by atoms with Crippen LogP contribution in [0.15, 0.2) is 336 Å². The highest BCUT2D eigenvalue weighted by atomic mass is 32.2. The maximum absolute atomic E-state index is 7.83. The summed E-state index contributed by atoms with van der Waals surface area (Å²) in [6.07, 6.45) is 1.86. The van der Waals surface area contributed by atoms with Crippen LogP contribution in [0, 0.1) is 0 Å². The van der Waals surface area contributed by atoms with Gasteiger partial charge >= 0.3 is 0 Å². The lowest BCUT2D eigenvalue weighted by Crippen LogP contribution is -2.59. The SMILES string of the molecule is [B]c1c([B])c([B])c2c(c1[B])c1c([B])c([B])c([B])c([B])c1n2-c1ccc2c(c1)N(c1cc(-c3ccccc3)cc(-c3ccccc3)c1)c1cc(-c3cc4c5c(c3-c3ccccc3-c3ccccc3)Oc3ccccc3B5c3cc(-c5ccc6occ(-c7ccccc7)c6c5)ccc3O4)cc3c1B2c1ccc(-n2c4ccc(C(C)(C)C)cc4c4cc(C(C)(C)C)ccc42)cc1S3. The minimum atomic E-state index is -0.395. The van der Waals surface area contributed by atoms with Crippen molar-refractivity contribution in [2.45, 2.75) is 62.2 Å².